The minimum absolute atomic E-state index is 0.0165. The number of aromatic nitrogens is 3. The smallest absolute Gasteiger partial charge is 0.266 e. The van der Waals surface area contributed by atoms with E-state index in [9.17, 15) is 9.59 Å². The summed E-state index contributed by atoms with van der Waals surface area (Å²) >= 11 is 1.27. The molecule has 0 amide bonds. The summed E-state index contributed by atoms with van der Waals surface area (Å²) in [6, 6.07) is 10.1. The van der Waals surface area contributed by atoms with Crippen molar-refractivity contribution in [2.75, 3.05) is 0 Å². The molecule has 0 aliphatic heterocycles. The van der Waals surface area contributed by atoms with Crippen LogP contribution in [0.1, 0.15) is 31.9 Å². The summed E-state index contributed by atoms with van der Waals surface area (Å²) in [5, 5.41) is 4.34. The predicted octanol–water partition coefficient (Wildman–Crippen LogP) is 1.91. The fourth-order valence-corrected chi connectivity index (χ4v) is 3.21. The van der Waals surface area contributed by atoms with Gasteiger partial charge in [0.05, 0.1) is 21.9 Å². The SMILES string of the molecule is CC(C)(C)C(=O)/C=c1/[nH]c(=O)/c(=C/c2cnn(Cc3ccccc3)c2)s1. The van der Waals surface area contributed by atoms with Gasteiger partial charge >= 0.3 is 0 Å². The maximum absolute atomic E-state index is 12.1. The molecule has 0 saturated carbocycles. The predicted molar refractivity (Wildman–Crippen MR) is 104 cm³/mol. The van der Waals surface area contributed by atoms with Crippen molar-refractivity contribution >= 4 is 29.3 Å². The molecule has 0 unspecified atom stereocenters. The van der Waals surface area contributed by atoms with Gasteiger partial charge in [-0.25, -0.2) is 0 Å². The fourth-order valence-electron chi connectivity index (χ4n) is 2.32. The van der Waals surface area contributed by atoms with Crippen LogP contribution in [0.5, 0.6) is 0 Å². The molecule has 3 rings (SSSR count). The Kier molecular flexibility index (Phi) is 5.04. The molecule has 3 aromatic rings. The summed E-state index contributed by atoms with van der Waals surface area (Å²) < 4.78 is 2.95. The van der Waals surface area contributed by atoms with Gasteiger partial charge in [0.25, 0.3) is 5.56 Å². The van der Waals surface area contributed by atoms with E-state index in [1.807, 2.05) is 62.0 Å². The van der Waals surface area contributed by atoms with Gasteiger partial charge in [0.15, 0.2) is 5.78 Å². The summed E-state index contributed by atoms with van der Waals surface area (Å²) in [6.07, 6.45) is 6.92. The second-order valence-electron chi connectivity index (χ2n) is 7.14. The van der Waals surface area contributed by atoms with Gasteiger partial charge in [-0.3, -0.25) is 14.3 Å². The lowest BCUT2D eigenvalue weighted by molar-refractivity contribution is -0.119. The third kappa shape index (κ3) is 4.46. The first-order chi connectivity index (χ1) is 12.3. The van der Waals surface area contributed by atoms with Gasteiger partial charge in [0, 0.05) is 23.3 Å². The molecule has 0 aliphatic rings. The maximum atomic E-state index is 12.1. The monoisotopic (exact) mass is 367 g/mol. The molecular weight excluding hydrogens is 346 g/mol. The molecule has 5 nitrogen and oxygen atoms in total. The van der Waals surface area contributed by atoms with Crippen LogP contribution in [0.2, 0.25) is 0 Å². The molecule has 1 N–H and O–H groups in total. The van der Waals surface area contributed by atoms with Crippen LogP contribution < -0.4 is 14.8 Å². The summed E-state index contributed by atoms with van der Waals surface area (Å²) in [5.74, 6) is -0.0165. The van der Waals surface area contributed by atoms with Crippen LogP contribution in [0.25, 0.3) is 12.2 Å². The number of benzene rings is 1. The van der Waals surface area contributed by atoms with E-state index in [1.54, 1.807) is 12.3 Å². The Balaban J connectivity index is 1.86. The summed E-state index contributed by atoms with van der Waals surface area (Å²) in [7, 11) is 0. The lowest BCUT2D eigenvalue weighted by Crippen LogP contribution is -2.22. The first kappa shape index (κ1) is 18.1. The van der Waals surface area contributed by atoms with Crippen LogP contribution in [0.4, 0.5) is 0 Å². The van der Waals surface area contributed by atoms with Crippen LogP contribution in [-0.2, 0) is 11.3 Å². The molecule has 1 aromatic carbocycles. The van der Waals surface area contributed by atoms with Crippen LogP contribution in [0.3, 0.4) is 0 Å². The van der Waals surface area contributed by atoms with Gasteiger partial charge in [-0.2, -0.15) is 5.10 Å². The van der Waals surface area contributed by atoms with E-state index in [4.69, 9.17) is 0 Å². The molecule has 0 fully saturated rings. The number of hydrogen-bond acceptors (Lipinski definition) is 4. The highest BCUT2D eigenvalue weighted by Crippen LogP contribution is 2.14. The zero-order valence-corrected chi connectivity index (χ0v) is 15.8. The Labute approximate surface area is 155 Å². The van der Waals surface area contributed by atoms with E-state index in [-0.39, 0.29) is 11.3 Å². The Morgan fingerprint density at radius 3 is 2.69 bits per heavy atom. The lowest BCUT2D eigenvalue weighted by Gasteiger charge is -2.12. The average molecular weight is 367 g/mol. The quantitative estimate of drug-likeness (QED) is 0.766. The largest absolute Gasteiger partial charge is 0.313 e. The molecular formula is C20H21N3O2S. The third-order valence-electron chi connectivity index (χ3n) is 3.82. The van der Waals surface area contributed by atoms with Crippen molar-refractivity contribution in [2.24, 2.45) is 5.41 Å². The first-order valence-electron chi connectivity index (χ1n) is 8.35. The molecule has 6 heteroatoms. The summed E-state index contributed by atoms with van der Waals surface area (Å²) in [6.45, 7) is 6.23. The Hall–Kier alpha value is -2.73. The van der Waals surface area contributed by atoms with Crippen molar-refractivity contribution in [3.63, 3.8) is 0 Å². The van der Waals surface area contributed by atoms with E-state index in [1.165, 1.54) is 17.4 Å². The van der Waals surface area contributed by atoms with E-state index in [0.717, 1.165) is 11.1 Å². The Morgan fingerprint density at radius 1 is 1.27 bits per heavy atom. The molecule has 0 radical (unpaired) electrons. The van der Waals surface area contributed by atoms with Gasteiger partial charge in [0.2, 0.25) is 0 Å². The fraction of sp³-hybridized carbons (Fsp3) is 0.250. The third-order valence-corrected chi connectivity index (χ3v) is 4.78. The van der Waals surface area contributed by atoms with Crippen LogP contribution in [0, 0.1) is 5.41 Å². The summed E-state index contributed by atoms with van der Waals surface area (Å²) in [4.78, 5) is 27.0. The number of carbonyl (C=O) groups excluding carboxylic acids is 1. The second kappa shape index (κ2) is 7.25. The number of rotatable bonds is 4. The van der Waals surface area contributed by atoms with Crippen LogP contribution >= 0.6 is 11.3 Å². The molecule has 2 heterocycles. The Morgan fingerprint density at radius 2 is 2.00 bits per heavy atom. The van der Waals surface area contributed by atoms with Crippen molar-refractivity contribution in [3.05, 3.63) is 73.4 Å². The van der Waals surface area contributed by atoms with Gasteiger partial charge in [-0.05, 0) is 11.6 Å². The molecule has 26 heavy (non-hydrogen) atoms. The zero-order valence-electron chi connectivity index (χ0n) is 15.0. The maximum Gasteiger partial charge on any atom is 0.266 e. The van der Waals surface area contributed by atoms with Gasteiger partial charge in [-0.1, -0.05) is 51.1 Å². The highest BCUT2D eigenvalue weighted by atomic mass is 32.1. The van der Waals surface area contributed by atoms with Crippen molar-refractivity contribution in [1.82, 2.24) is 14.8 Å². The number of carbonyl (C=O) groups is 1. The molecule has 0 spiro atoms. The van der Waals surface area contributed by atoms with Crippen LogP contribution in [0.15, 0.2) is 47.5 Å². The standard InChI is InChI=1S/C20H21N3O2S/c1-20(2,3)17(24)10-18-22-19(25)16(26-18)9-15-11-21-23(13-15)12-14-7-5-4-6-8-14/h4-11,13H,12H2,1-3H3,(H,22,25)/b16-9-,18-10-. The zero-order chi connectivity index (χ0) is 18.7. The number of hydrogen-bond donors (Lipinski definition) is 1. The van der Waals surface area contributed by atoms with Crippen LogP contribution in [-0.4, -0.2) is 20.5 Å². The van der Waals surface area contributed by atoms with Crippen molar-refractivity contribution < 1.29 is 4.79 Å². The molecule has 0 aliphatic carbocycles. The van der Waals surface area contributed by atoms with E-state index in [2.05, 4.69) is 10.1 Å². The highest BCUT2D eigenvalue weighted by molar-refractivity contribution is 7.07. The molecule has 134 valence electrons. The van der Waals surface area contributed by atoms with Crippen molar-refractivity contribution in [3.8, 4) is 0 Å². The van der Waals surface area contributed by atoms with Gasteiger partial charge in [0.1, 0.15) is 0 Å². The minimum Gasteiger partial charge on any atom is -0.313 e. The molecule has 2 aromatic heterocycles. The average Bonchev–Trinajstić information content (AvgIpc) is 3.15. The first-order valence-corrected chi connectivity index (χ1v) is 9.16. The molecule has 0 bridgehead atoms. The number of aromatic amines is 1. The van der Waals surface area contributed by atoms with E-state index in [0.29, 0.717) is 15.7 Å². The summed E-state index contributed by atoms with van der Waals surface area (Å²) in [5.41, 5.74) is 1.35. The van der Waals surface area contributed by atoms with Crippen molar-refractivity contribution in [1.29, 1.82) is 0 Å². The number of nitrogens with one attached hydrogen (secondary N) is 1. The van der Waals surface area contributed by atoms with E-state index >= 15 is 0 Å². The highest BCUT2D eigenvalue weighted by Gasteiger charge is 2.18. The number of Topliss-reactive ketones (excluding diaryl/α,β-unsaturated/α-hetero) is 1. The normalized spacial score (nSPS) is 13.3. The van der Waals surface area contributed by atoms with Gasteiger partial charge in [-0.15, -0.1) is 11.3 Å². The number of ketones is 1. The topological polar surface area (TPSA) is 67.8 Å². The van der Waals surface area contributed by atoms with Crippen molar-refractivity contribution in [2.45, 2.75) is 27.3 Å². The minimum atomic E-state index is -0.469. The number of H-pyrrole nitrogens is 1. The molecule has 0 saturated heterocycles. The van der Waals surface area contributed by atoms with E-state index < -0.39 is 5.41 Å². The second-order valence-corrected chi connectivity index (χ2v) is 8.23. The van der Waals surface area contributed by atoms with Gasteiger partial charge < -0.3 is 4.98 Å². The molecule has 0 atom stereocenters. The lowest BCUT2D eigenvalue weighted by atomic mass is 9.91. The Bertz CT molecular complexity index is 1080. The number of thiazole rings is 1. The number of nitrogens with zero attached hydrogens (tertiary/aromatic N) is 2.